The third kappa shape index (κ3) is 2.29. The van der Waals surface area contributed by atoms with Gasteiger partial charge in [0.05, 0.1) is 8.07 Å². The summed E-state index contributed by atoms with van der Waals surface area (Å²) in [6, 6.07) is 22.4. The van der Waals surface area contributed by atoms with Crippen LogP contribution >= 0.6 is 7.53 Å². The minimum Gasteiger partial charge on any atom is -0.0862 e. The molecule has 0 spiro atoms. The Hall–Kier alpha value is -1.30. The lowest BCUT2D eigenvalue weighted by atomic mass is 10.3. The zero-order chi connectivity index (χ0) is 13.5. The van der Waals surface area contributed by atoms with Crippen molar-refractivity contribution in [1.82, 2.24) is 0 Å². The quantitative estimate of drug-likeness (QED) is 0.555. The molecule has 3 rings (SSSR count). The van der Waals surface area contributed by atoms with E-state index >= 15 is 0 Å². The second kappa shape index (κ2) is 4.66. The standard InChI is InChI=1S/C17H19PSi/c1-19(2,3)17-13-14-9-7-8-12-16(14)18(17)15-10-5-4-6-11-15/h4-13H,1-3H3. The van der Waals surface area contributed by atoms with Crippen LogP contribution in [-0.4, -0.2) is 8.07 Å². The van der Waals surface area contributed by atoms with Gasteiger partial charge in [-0.2, -0.15) is 0 Å². The first kappa shape index (κ1) is 12.7. The third-order valence-corrected chi connectivity index (χ3v) is 10.2. The van der Waals surface area contributed by atoms with Crippen LogP contribution in [0.2, 0.25) is 19.6 Å². The van der Waals surface area contributed by atoms with Crippen molar-refractivity contribution < 1.29 is 0 Å². The molecule has 0 fully saturated rings. The molecule has 0 saturated carbocycles. The Morgan fingerprint density at radius 1 is 0.789 bits per heavy atom. The van der Waals surface area contributed by atoms with Crippen molar-refractivity contribution in [3.05, 3.63) is 60.7 Å². The van der Waals surface area contributed by atoms with Gasteiger partial charge in [0, 0.05) is 5.12 Å². The van der Waals surface area contributed by atoms with Crippen LogP contribution in [0.5, 0.6) is 0 Å². The summed E-state index contributed by atoms with van der Waals surface area (Å²) < 4.78 is 0. The van der Waals surface area contributed by atoms with Crippen LogP contribution in [-0.2, 0) is 0 Å². The summed E-state index contributed by atoms with van der Waals surface area (Å²) in [7, 11) is -1.56. The molecule has 0 amide bonds. The fourth-order valence-electron chi connectivity index (χ4n) is 2.56. The van der Waals surface area contributed by atoms with E-state index in [1.165, 1.54) is 10.7 Å². The summed E-state index contributed by atoms with van der Waals surface area (Å²) >= 11 is 0. The van der Waals surface area contributed by atoms with Crippen LogP contribution < -0.4 is 4.92 Å². The molecule has 0 nitrogen and oxygen atoms in total. The van der Waals surface area contributed by atoms with Gasteiger partial charge in [0.1, 0.15) is 0 Å². The molecule has 1 aromatic heterocycles. The van der Waals surface area contributed by atoms with E-state index in [2.05, 4.69) is 80.3 Å². The largest absolute Gasteiger partial charge is 0.0862 e. The van der Waals surface area contributed by atoms with E-state index in [0.717, 1.165) is 0 Å². The normalized spacial score (nSPS) is 12.9. The first-order chi connectivity index (χ1) is 9.07. The van der Waals surface area contributed by atoms with Crippen LogP contribution in [0.3, 0.4) is 0 Å². The van der Waals surface area contributed by atoms with Gasteiger partial charge in [0.15, 0.2) is 0 Å². The number of hydrogen-bond acceptors (Lipinski definition) is 0. The summed E-state index contributed by atoms with van der Waals surface area (Å²) in [6.45, 7) is 7.38. The van der Waals surface area contributed by atoms with Crippen molar-refractivity contribution in [1.29, 1.82) is 0 Å². The van der Waals surface area contributed by atoms with Gasteiger partial charge in [-0.1, -0.05) is 87.8 Å². The lowest BCUT2D eigenvalue weighted by Crippen LogP contribution is -2.35. The zero-order valence-corrected chi connectivity index (χ0v) is 13.6. The fraction of sp³-hybridized carbons (Fsp3) is 0.176. The predicted molar refractivity (Wildman–Crippen MR) is 91.0 cm³/mol. The summed E-state index contributed by atoms with van der Waals surface area (Å²) in [6.07, 6.45) is 0. The number of benzene rings is 2. The lowest BCUT2D eigenvalue weighted by molar-refractivity contribution is 1.76. The van der Waals surface area contributed by atoms with Crippen molar-refractivity contribution >= 4 is 31.0 Å². The van der Waals surface area contributed by atoms with Gasteiger partial charge in [0.2, 0.25) is 0 Å². The van der Waals surface area contributed by atoms with Crippen molar-refractivity contribution in [3.8, 4) is 5.30 Å². The molecule has 1 unspecified atom stereocenters. The zero-order valence-electron chi connectivity index (χ0n) is 11.7. The van der Waals surface area contributed by atoms with E-state index in [-0.39, 0.29) is 7.53 Å². The SMILES string of the molecule is C[Si](C)(C)c1cc2ccccc2p1-c1ccccc1. The predicted octanol–water partition coefficient (Wildman–Crippen LogP) is 5.36. The van der Waals surface area contributed by atoms with Crippen molar-refractivity contribution in [2.75, 3.05) is 0 Å². The fourth-order valence-corrected chi connectivity index (χ4v) is 8.77. The van der Waals surface area contributed by atoms with Gasteiger partial charge >= 0.3 is 0 Å². The molecule has 2 heteroatoms. The Bertz CT molecular complexity index is 705. The second-order valence-corrected chi connectivity index (χ2v) is 13.6. The smallest absolute Gasteiger partial charge is 0.0831 e. The highest BCUT2D eigenvalue weighted by Gasteiger charge is 2.23. The van der Waals surface area contributed by atoms with Gasteiger partial charge in [-0.05, 0) is 15.6 Å². The van der Waals surface area contributed by atoms with Crippen molar-refractivity contribution in [2.45, 2.75) is 19.6 Å². The number of hydrogen-bond donors (Lipinski definition) is 0. The maximum Gasteiger partial charge on any atom is 0.0831 e. The summed E-state index contributed by atoms with van der Waals surface area (Å²) in [5.41, 5.74) is 0. The number of rotatable bonds is 2. The highest BCUT2D eigenvalue weighted by Crippen LogP contribution is 2.46. The number of fused-ring (bicyclic) bond motifs is 1. The molecule has 19 heavy (non-hydrogen) atoms. The minimum absolute atomic E-state index is 0.285. The molecule has 1 atom stereocenters. The Morgan fingerprint density at radius 2 is 1.42 bits per heavy atom. The summed E-state index contributed by atoms with van der Waals surface area (Å²) in [4.78, 5) is 1.72. The van der Waals surface area contributed by atoms with E-state index in [1.54, 1.807) is 10.0 Å². The van der Waals surface area contributed by atoms with Gasteiger partial charge in [-0.15, -0.1) is 0 Å². The topological polar surface area (TPSA) is 0 Å². The summed E-state index contributed by atoms with van der Waals surface area (Å²) in [5.74, 6) is 0. The Labute approximate surface area is 117 Å². The molecular formula is C17H19PSi. The molecular weight excluding hydrogens is 263 g/mol. The third-order valence-electron chi connectivity index (χ3n) is 3.49. The van der Waals surface area contributed by atoms with Crippen LogP contribution in [0.1, 0.15) is 0 Å². The van der Waals surface area contributed by atoms with E-state index in [4.69, 9.17) is 0 Å². The van der Waals surface area contributed by atoms with Crippen molar-refractivity contribution in [2.24, 2.45) is 0 Å². The highest BCUT2D eigenvalue weighted by atomic mass is 31.1. The molecule has 2 aromatic carbocycles. The molecule has 0 radical (unpaired) electrons. The average Bonchev–Trinajstić information content (AvgIpc) is 2.79. The van der Waals surface area contributed by atoms with Crippen LogP contribution in [0.15, 0.2) is 60.7 Å². The monoisotopic (exact) mass is 282 g/mol. The molecule has 0 bridgehead atoms. The molecule has 3 aromatic rings. The van der Waals surface area contributed by atoms with Crippen LogP contribution in [0.4, 0.5) is 0 Å². The van der Waals surface area contributed by atoms with E-state index in [0.29, 0.717) is 0 Å². The maximum absolute atomic E-state index is 2.47. The van der Waals surface area contributed by atoms with E-state index in [1.807, 2.05) is 0 Å². The lowest BCUT2D eigenvalue weighted by Gasteiger charge is -2.18. The average molecular weight is 282 g/mol. The first-order valence-electron chi connectivity index (χ1n) is 6.74. The van der Waals surface area contributed by atoms with Gasteiger partial charge in [0.25, 0.3) is 0 Å². The van der Waals surface area contributed by atoms with E-state index in [9.17, 15) is 0 Å². The minimum atomic E-state index is -1.28. The molecule has 0 aliphatic rings. The Balaban J connectivity index is 2.38. The maximum atomic E-state index is 2.47. The molecule has 96 valence electrons. The van der Waals surface area contributed by atoms with Crippen molar-refractivity contribution in [3.63, 3.8) is 0 Å². The van der Waals surface area contributed by atoms with Crippen LogP contribution in [0, 0.1) is 0 Å². The van der Waals surface area contributed by atoms with E-state index < -0.39 is 8.07 Å². The molecule has 0 aliphatic carbocycles. The molecule has 0 aliphatic heterocycles. The van der Waals surface area contributed by atoms with Gasteiger partial charge in [-0.25, -0.2) is 0 Å². The van der Waals surface area contributed by atoms with Crippen LogP contribution in [0.25, 0.3) is 15.8 Å². The highest BCUT2D eigenvalue weighted by molar-refractivity contribution is 7.69. The Kier molecular flexibility index (Phi) is 3.12. The Morgan fingerprint density at radius 3 is 2.11 bits per heavy atom. The molecule has 0 saturated heterocycles. The molecule has 1 heterocycles. The second-order valence-electron chi connectivity index (χ2n) is 6.01. The van der Waals surface area contributed by atoms with Gasteiger partial charge in [-0.3, -0.25) is 0 Å². The van der Waals surface area contributed by atoms with Gasteiger partial charge < -0.3 is 0 Å². The first-order valence-corrected chi connectivity index (χ1v) is 11.6. The summed E-state index contributed by atoms with van der Waals surface area (Å²) in [5, 5.41) is 4.48. The molecule has 0 N–H and O–H groups in total.